The van der Waals surface area contributed by atoms with Gasteiger partial charge in [0.25, 0.3) is 0 Å². The third kappa shape index (κ3) is 3.25. The van der Waals surface area contributed by atoms with E-state index in [4.69, 9.17) is 21.6 Å². The molecule has 1 rings (SSSR count). The third-order valence-corrected chi connectivity index (χ3v) is 2.15. The Morgan fingerprint density at radius 3 is 2.92 bits per heavy atom. The molecule has 0 atom stereocenters. The summed E-state index contributed by atoms with van der Waals surface area (Å²) in [4.78, 5) is 0. The molecule has 0 spiro atoms. The van der Waals surface area contributed by atoms with Crippen LogP contribution in [0.5, 0.6) is 5.75 Å². The average molecular weight is 261 g/mol. The first-order chi connectivity index (χ1) is 6.24. The van der Waals surface area contributed by atoms with Crippen LogP contribution in [0.2, 0.25) is 5.02 Å². The Balaban J connectivity index is 2.62. The molecule has 0 aliphatic rings. The van der Waals surface area contributed by atoms with Crippen LogP contribution in [0.1, 0.15) is 6.42 Å². The number of hydrogen-bond acceptors (Lipinski definition) is 2. The van der Waals surface area contributed by atoms with Gasteiger partial charge in [-0.1, -0.05) is 27.5 Å². The van der Waals surface area contributed by atoms with Gasteiger partial charge in [0.05, 0.1) is 17.5 Å². The van der Waals surface area contributed by atoms with E-state index in [1.807, 2.05) is 12.1 Å². The summed E-state index contributed by atoms with van der Waals surface area (Å²) in [6.45, 7) is 0.373. The minimum atomic E-state index is 0.367. The molecule has 4 heteroatoms. The zero-order chi connectivity index (χ0) is 9.68. The molecule has 1 aromatic rings. The molecule has 0 amide bonds. The summed E-state index contributed by atoms with van der Waals surface area (Å²) in [5.41, 5.74) is 0. The Morgan fingerprint density at radius 1 is 1.54 bits per heavy atom. The number of nitrogens with zero attached hydrogens (tertiary/aromatic N) is 1. The van der Waals surface area contributed by atoms with Crippen LogP contribution in [0.25, 0.3) is 0 Å². The summed E-state index contributed by atoms with van der Waals surface area (Å²) in [5, 5.41) is 8.84. The zero-order valence-electron chi connectivity index (χ0n) is 6.76. The van der Waals surface area contributed by atoms with Crippen molar-refractivity contribution >= 4 is 27.5 Å². The van der Waals surface area contributed by atoms with Crippen molar-refractivity contribution in [3.63, 3.8) is 0 Å². The van der Waals surface area contributed by atoms with Crippen LogP contribution in [0.3, 0.4) is 0 Å². The van der Waals surface area contributed by atoms with Gasteiger partial charge in [-0.2, -0.15) is 5.26 Å². The van der Waals surface area contributed by atoms with E-state index in [1.54, 1.807) is 12.1 Å². The second kappa shape index (κ2) is 5.11. The van der Waals surface area contributed by atoms with Gasteiger partial charge in [0.2, 0.25) is 0 Å². The first-order valence-electron chi connectivity index (χ1n) is 3.69. The van der Waals surface area contributed by atoms with Crippen LogP contribution in [0, 0.1) is 11.3 Å². The Hall–Kier alpha value is -0.720. The van der Waals surface area contributed by atoms with Gasteiger partial charge in [-0.3, -0.25) is 0 Å². The molecule has 0 bridgehead atoms. The largest absolute Gasteiger partial charge is 0.491 e. The maximum Gasteiger partial charge on any atom is 0.138 e. The Labute approximate surface area is 90.2 Å². The van der Waals surface area contributed by atoms with Crippen molar-refractivity contribution in [3.05, 3.63) is 27.7 Å². The summed E-state index contributed by atoms with van der Waals surface area (Å²) in [5.74, 6) is 0.611. The molecule has 0 saturated heterocycles. The standard InChI is InChI=1S/C9H7BrClNO/c10-7-2-3-9(8(11)6-7)13-5-1-4-12/h2-3,6H,1,5H2. The first-order valence-corrected chi connectivity index (χ1v) is 4.86. The predicted molar refractivity (Wildman–Crippen MR) is 54.9 cm³/mol. The van der Waals surface area contributed by atoms with Crippen molar-refractivity contribution in [1.29, 1.82) is 5.26 Å². The molecule has 0 unspecified atom stereocenters. The second-order valence-corrected chi connectivity index (χ2v) is 3.65. The van der Waals surface area contributed by atoms with Gasteiger partial charge >= 0.3 is 0 Å². The van der Waals surface area contributed by atoms with E-state index in [0.717, 1.165) is 4.47 Å². The fourth-order valence-electron chi connectivity index (χ4n) is 0.799. The van der Waals surface area contributed by atoms with E-state index in [-0.39, 0.29) is 0 Å². The number of nitriles is 1. The topological polar surface area (TPSA) is 33.0 Å². The first kappa shape index (κ1) is 10.4. The zero-order valence-corrected chi connectivity index (χ0v) is 9.10. The van der Waals surface area contributed by atoms with Crippen LogP contribution >= 0.6 is 27.5 Å². The normalized spacial score (nSPS) is 9.31. The molecule has 0 aliphatic heterocycles. The Kier molecular flexibility index (Phi) is 4.07. The van der Waals surface area contributed by atoms with Gasteiger partial charge in [0.15, 0.2) is 0 Å². The van der Waals surface area contributed by atoms with Gasteiger partial charge in [0, 0.05) is 4.47 Å². The van der Waals surface area contributed by atoms with Crippen molar-refractivity contribution in [1.82, 2.24) is 0 Å². The van der Waals surface area contributed by atoms with Crippen LogP contribution < -0.4 is 4.74 Å². The molecule has 1 aromatic carbocycles. The van der Waals surface area contributed by atoms with Gasteiger partial charge in [0.1, 0.15) is 12.4 Å². The maximum atomic E-state index is 8.29. The highest BCUT2D eigenvalue weighted by molar-refractivity contribution is 9.10. The van der Waals surface area contributed by atoms with Crippen molar-refractivity contribution in [2.24, 2.45) is 0 Å². The lowest BCUT2D eigenvalue weighted by Crippen LogP contribution is -1.95. The van der Waals surface area contributed by atoms with Crippen LogP contribution in [-0.2, 0) is 0 Å². The fourth-order valence-corrected chi connectivity index (χ4v) is 1.53. The third-order valence-electron chi connectivity index (χ3n) is 1.37. The van der Waals surface area contributed by atoms with E-state index in [9.17, 15) is 0 Å². The summed E-state index contributed by atoms with van der Waals surface area (Å²) in [7, 11) is 0. The van der Waals surface area contributed by atoms with Crippen LogP contribution in [0.4, 0.5) is 0 Å². The lowest BCUT2D eigenvalue weighted by Gasteiger charge is -2.05. The van der Waals surface area contributed by atoms with Gasteiger partial charge in [-0.05, 0) is 18.2 Å². The number of benzene rings is 1. The van der Waals surface area contributed by atoms with Gasteiger partial charge in [-0.15, -0.1) is 0 Å². The highest BCUT2D eigenvalue weighted by atomic mass is 79.9. The van der Waals surface area contributed by atoms with E-state index in [0.29, 0.717) is 23.8 Å². The van der Waals surface area contributed by atoms with Crippen LogP contribution in [-0.4, -0.2) is 6.61 Å². The number of rotatable bonds is 3. The summed E-state index contributed by atoms with van der Waals surface area (Å²) in [6, 6.07) is 7.35. The second-order valence-electron chi connectivity index (χ2n) is 2.33. The van der Waals surface area contributed by atoms with Crippen LogP contribution in [0.15, 0.2) is 22.7 Å². The summed E-state index contributed by atoms with van der Waals surface area (Å²) < 4.78 is 6.16. The summed E-state index contributed by atoms with van der Waals surface area (Å²) >= 11 is 9.16. The average Bonchev–Trinajstić information content (AvgIpc) is 2.09. The number of ether oxygens (including phenoxy) is 1. The number of hydrogen-bond donors (Lipinski definition) is 0. The van der Waals surface area contributed by atoms with Crippen molar-refractivity contribution in [3.8, 4) is 11.8 Å². The van der Waals surface area contributed by atoms with Crippen molar-refractivity contribution < 1.29 is 4.74 Å². The molecule has 2 nitrogen and oxygen atoms in total. The fraction of sp³-hybridized carbons (Fsp3) is 0.222. The molecule has 13 heavy (non-hydrogen) atoms. The molecule has 0 aromatic heterocycles. The lowest BCUT2D eigenvalue weighted by molar-refractivity contribution is 0.327. The monoisotopic (exact) mass is 259 g/mol. The minimum absolute atomic E-state index is 0.367. The highest BCUT2D eigenvalue weighted by Gasteiger charge is 2.00. The molecule has 68 valence electrons. The molecular weight excluding hydrogens is 253 g/mol. The minimum Gasteiger partial charge on any atom is -0.491 e. The van der Waals surface area contributed by atoms with E-state index in [1.165, 1.54) is 0 Å². The Morgan fingerprint density at radius 2 is 2.31 bits per heavy atom. The smallest absolute Gasteiger partial charge is 0.138 e. The lowest BCUT2D eigenvalue weighted by atomic mass is 10.3. The highest BCUT2D eigenvalue weighted by Crippen LogP contribution is 2.27. The SMILES string of the molecule is N#CCCOc1ccc(Br)cc1Cl. The molecule has 0 radical (unpaired) electrons. The molecule has 0 fully saturated rings. The predicted octanol–water partition coefficient (Wildman–Crippen LogP) is 3.39. The van der Waals surface area contributed by atoms with E-state index in [2.05, 4.69) is 15.9 Å². The van der Waals surface area contributed by atoms with Gasteiger partial charge in [-0.25, -0.2) is 0 Å². The van der Waals surface area contributed by atoms with Crippen molar-refractivity contribution in [2.45, 2.75) is 6.42 Å². The molecule has 0 saturated carbocycles. The van der Waals surface area contributed by atoms with Gasteiger partial charge < -0.3 is 4.74 Å². The van der Waals surface area contributed by atoms with E-state index >= 15 is 0 Å². The quantitative estimate of drug-likeness (QED) is 0.781. The summed E-state index contributed by atoms with van der Waals surface area (Å²) in [6.07, 6.45) is 0.367. The van der Waals surface area contributed by atoms with E-state index < -0.39 is 0 Å². The molecular formula is C9H7BrClNO. The Bertz CT molecular complexity index is 335. The maximum absolute atomic E-state index is 8.29. The van der Waals surface area contributed by atoms with Crippen molar-refractivity contribution in [2.75, 3.05) is 6.61 Å². The number of halogens is 2. The molecule has 0 aliphatic carbocycles. The molecule has 0 heterocycles. The molecule has 0 N–H and O–H groups in total.